The van der Waals surface area contributed by atoms with Crippen molar-refractivity contribution in [2.24, 2.45) is 5.92 Å². The van der Waals surface area contributed by atoms with E-state index >= 15 is 0 Å². The molecule has 1 aliphatic heterocycles. The smallest absolute Gasteiger partial charge is 0.266 e. The first-order valence-corrected chi connectivity index (χ1v) is 8.04. The summed E-state index contributed by atoms with van der Waals surface area (Å²) < 4.78 is 1.58. The van der Waals surface area contributed by atoms with E-state index in [2.05, 4.69) is 10.00 Å². The van der Waals surface area contributed by atoms with E-state index < -0.39 is 5.60 Å². The first-order valence-electron chi connectivity index (χ1n) is 8.04. The zero-order valence-corrected chi connectivity index (χ0v) is 12.8. The van der Waals surface area contributed by atoms with Crippen LogP contribution in [0.5, 0.6) is 0 Å². The summed E-state index contributed by atoms with van der Waals surface area (Å²) in [5.41, 5.74) is 0.383. The third kappa shape index (κ3) is 3.52. The molecule has 1 saturated carbocycles. The Morgan fingerprint density at radius 2 is 2.00 bits per heavy atom. The van der Waals surface area contributed by atoms with E-state index in [1.54, 1.807) is 16.8 Å². The first-order chi connectivity index (χ1) is 10.0. The molecule has 1 aliphatic carbocycles. The van der Waals surface area contributed by atoms with Crippen LogP contribution < -0.4 is 5.56 Å². The maximum atomic E-state index is 11.7. The minimum Gasteiger partial charge on any atom is -0.389 e. The highest BCUT2D eigenvalue weighted by Gasteiger charge is 2.36. The second-order valence-corrected chi connectivity index (χ2v) is 6.84. The third-order valence-electron chi connectivity index (χ3n) is 4.77. The molecule has 1 aromatic heterocycles. The Morgan fingerprint density at radius 1 is 1.29 bits per heavy atom. The van der Waals surface area contributed by atoms with E-state index in [0.717, 1.165) is 51.0 Å². The number of likely N-dealkylation sites (tertiary alicyclic amines) is 1. The molecule has 0 atom stereocenters. The molecule has 0 radical (unpaired) electrons. The summed E-state index contributed by atoms with van der Waals surface area (Å²) in [4.78, 5) is 14.1. The van der Waals surface area contributed by atoms with Crippen molar-refractivity contribution in [2.45, 2.75) is 51.2 Å². The van der Waals surface area contributed by atoms with Crippen LogP contribution in [0.1, 0.15) is 37.8 Å². The van der Waals surface area contributed by atoms with Crippen LogP contribution in [0.25, 0.3) is 0 Å². The number of β-amino-alcohol motifs (C(OH)–C–C–N with tert-alkyl or cyclic N) is 1. The van der Waals surface area contributed by atoms with Gasteiger partial charge in [0.25, 0.3) is 5.56 Å². The highest BCUT2D eigenvalue weighted by molar-refractivity contribution is 4.98. The van der Waals surface area contributed by atoms with Crippen LogP contribution in [0, 0.1) is 12.8 Å². The number of aryl methyl sites for hydroxylation is 1. The van der Waals surface area contributed by atoms with Gasteiger partial charge in [-0.3, -0.25) is 9.69 Å². The molecule has 0 aromatic carbocycles. The normalized spacial score (nSPS) is 23.0. The average Bonchev–Trinajstić information content (AvgIpc) is 2.41. The molecule has 5 heteroatoms. The zero-order valence-electron chi connectivity index (χ0n) is 12.8. The van der Waals surface area contributed by atoms with Crippen molar-refractivity contribution in [3.63, 3.8) is 0 Å². The minimum atomic E-state index is -0.471. The standard InChI is InChI=1S/C16H25N3O2/c1-13-5-6-15(20)19(17-13)11-14-9-18(10-14)12-16(21)7-3-2-4-8-16/h5-6,14,21H,2-4,7-12H2,1H3. The quantitative estimate of drug-likeness (QED) is 0.905. The van der Waals surface area contributed by atoms with Gasteiger partial charge < -0.3 is 5.11 Å². The van der Waals surface area contributed by atoms with Gasteiger partial charge in [-0.15, -0.1) is 0 Å². The van der Waals surface area contributed by atoms with Gasteiger partial charge in [0.05, 0.1) is 17.8 Å². The van der Waals surface area contributed by atoms with Crippen LogP contribution in [-0.4, -0.2) is 45.0 Å². The predicted octanol–water partition coefficient (Wildman–Crippen LogP) is 1.18. The molecule has 3 rings (SSSR count). The van der Waals surface area contributed by atoms with Gasteiger partial charge >= 0.3 is 0 Å². The van der Waals surface area contributed by atoms with Crippen LogP contribution in [0.3, 0.4) is 0 Å². The lowest BCUT2D eigenvalue weighted by Gasteiger charge is -2.45. The van der Waals surface area contributed by atoms with E-state index in [1.165, 1.54) is 6.42 Å². The minimum absolute atomic E-state index is 0.0232. The van der Waals surface area contributed by atoms with E-state index in [4.69, 9.17) is 0 Å². The Morgan fingerprint density at radius 3 is 2.71 bits per heavy atom. The SMILES string of the molecule is Cc1ccc(=O)n(CC2CN(CC3(O)CCCCC3)C2)n1. The van der Waals surface area contributed by atoms with Crippen molar-refractivity contribution < 1.29 is 5.11 Å². The predicted molar refractivity (Wildman–Crippen MR) is 81.2 cm³/mol. The molecule has 2 fully saturated rings. The van der Waals surface area contributed by atoms with Gasteiger partial charge in [0.1, 0.15) is 0 Å². The summed E-state index contributed by atoms with van der Waals surface area (Å²) in [6, 6.07) is 3.34. The van der Waals surface area contributed by atoms with Crippen molar-refractivity contribution in [2.75, 3.05) is 19.6 Å². The Labute approximate surface area is 125 Å². The molecular weight excluding hydrogens is 266 g/mol. The Balaban J connectivity index is 1.49. The van der Waals surface area contributed by atoms with Crippen molar-refractivity contribution in [3.05, 3.63) is 28.2 Å². The van der Waals surface area contributed by atoms with E-state index in [0.29, 0.717) is 12.5 Å². The lowest BCUT2D eigenvalue weighted by molar-refractivity contribution is -0.0556. The van der Waals surface area contributed by atoms with Crippen molar-refractivity contribution in [1.29, 1.82) is 0 Å². The van der Waals surface area contributed by atoms with Crippen molar-refractivity contribution in [3.8, 4) is 0 Å². The first kappa shape index (κ1) is 14.7. The maximum absolute atomic E-state index is 11.7. The van der Waals surface area contributed by atoms with Gasteiger partial charge in [0, 0.05) is 31.6 Å². The topological polar surface area (TPSA) is 58.4 Å². The molecule has 1 N–H and O–H groups in total. The number of hydrogen-bond donors (Lipinski definition) is 1. The molecule has 2 heterocycles. The number of hydrogen-bond acceptors (Lipinski definition) is 4. The lowest BCUT2D eigenvalue weighted by Crippen LogP contribution is -2.55. The highest BCUT2D eigenvalue weighted by atomic mass is 16.3. The average molecular weight is 291 g/mol. The summed E-state index contributed by atoms with van der Waals surface area (Å²) in [6.45, 7) is 5.31. The monoisotopic (exact) mass is 291 g/mol. The zero-order chi connectivity index (χ0) is 14.9. The second-order valence-electron chi connectivity index (χ2n) is 6.84. The molecule has 1 saturated heterocycles. The molecule has 0 spiro atoms. The van der Waals surface area contributed by atoms with Gasteiger partial charge in [-0.2, -0.15) is 5.10 Å². The summed E-state index contributed by atoms with van der Waals surface area (Å²) in [6.07, 6.45) is 5.43. The van der Waals surface area contributed by atoms with E-state index in [-0.39, 0.29) is 5.56 Å². The van der Waals surface area contributed by atoms with Gasteiger partial charge in [0.15, 0.2) is 0 Å². The molecule has 0 bridgehead atoms. The molecular formula is C16H25N3O2. The molecule has 2 aliphatic rings. The molecule has 5 nitrogen and oxygen atoms in total. The third-order valence-corrected chi connectivity index (χ3v) is 4.77. The van der Waals surface area contributed by atoms with Crippen LogP contribution in [0.15, 0.2) is 16.9 Å². The van der Waals surface area contributed by atoms with E-state index in [1.807, 2.05) is 6.92 Å². The van der Waals surface area contributed by atoms with Crippen LogP contribution in [0.4, 0.5) is 0 Å². The summed E-state index contributed by atoms with van der Waals surface area (Å²) in [5, 5.41) is 14.8. The largest absolute Gasteiger partial charge is 0.389 e. The fourth-order valence-corrected chi connectivity index (χ4v) is 3.63. The Hall–Kier alpha value is -1.20. The molecule has 21 heavy (non-hydrogen) atoms. The molecule has 116 valence electrons. The van der Waals surface area contributed by atoms with Gasteiger partial charge in [-0.05, 0) is 25.8 Å². The second kappa shape index (κ2) is 5.89. The number of rotatable bonds is 4. The Kier molecular flexibility index (Phi) is 4.13. The van der Waals surface area contributed by atoms with Gasteiger partial charge in [-0.25, -0.2) is 4.68 Å². The fraction of sp³-hybridized carbons (Fsp3) is 0.750. The van der Waals surface area contributed by atoms with Gasteiger partial charge in [0.2, 0.25) is 0 Å². The number of nitrogens with zero attached hydrogens (tertiary/aromatic N) is 3. The van der Waals surface area contributed by atoms with Crippen LogP contribution in [0.2, 0.25) is 0 Å². The summed E-state index contributed by atoms with van der Waals surface area (Å²) in [5.74, 6) is 0.476. The van der Waals surface area contributed by atoms with Crippen LogP contribution >= 0.6 is 0 Å². The number of aliphatic hydroxyl groups is 1. The van der Waals surface area contributed by atoms with Gasteiger partial charge in [-0.1, -0.05) is 19.3 Å². The maximum Gasteiger partial charge on any atom is 0.266 e. The Bertz CT molecular complexity index is 543. The van der Waals surface area contributed by atoms with Crippen molar-refractivity contribution in [1.82, 2.24) is 14.7 Å². The van der Waals surface area contributed by atoms with E-state index in [9.17, 15) is 9.90 Å². The van der Waals surface area contributed by atoms with Crippen LogP contribution in [-0.2, 0) is 6.54 Å². The summed E-state index contributed by atoms with van der Waals surface area (Å²) in [7, 11) is 0. The van der Waals surface area contributed by atoms with Crippen molar-refractivity contribution >= 4 is 0 Å². The highest BCUT2D eigenvalue weighted by Crippen LogP contribution is 2.31. The molecule has 1 aromatic rings. The fourth-order valence-electron chi connectivity index (χ4n) is 3.63. The molecule has 0 unspecified atom stereocenters. The summed E-state index contributed by atoms with van der Waals surface area (Å²) >= 11 is 0. The number of aromatic nitrogens is 2. The lowest BCUT2D eigenvalue weighted by atomic mass is 9.83. The molecule has 0 amide bonds.